The van der Waals surface area contributed by atoms with Gasteiger partial charge in [-0.15, -0.1) is 6.58 Å². The molecule has 1 aromatic heterocycles. The highest BCUT2D eigenvalue weighted by atomic mass is 19.1. The Kier molecular flexibility index (Phi) is 8.17. The zero-order valence-electron chi connectivity index (χ0n) is 22.9. The predicted molar refractivity (Wildman–Crippen MR) is 152 cm³/mol. The molecule has 8 heteroatoms. The maximum atomic E-state index is 14.3. The van der Waals surface area contributed by atoms with Gasteiger partial charge in [-0.3, -0.25) is 4.79 Å². The number of nitrogens with zero attached hydrogens (tertiary/aromatic N) is 2. The Hall–Kier alpha value is -3.78. The Morgan fingerprint density at radius 2 is 2.08 bits per heavy atom. The van der Waals surface area contributed by atoms with Gasteiger partial charge in [-0.25, -0.2) is 14.2 Å². The molecule has 3 atom stereocenters. The third-order valence-corrected chi connectivity index (χ3v) is 8.09. The van der Waals surface area contributed by atoms with E-state index in [0.717, 1.165) is 42.1 Å². The van der Waals surface area contributed by atoms with Crippen LogP contribution in [0.2, 0.25) is 0 Å². The van der Waals surface area contributed by atoms with Gasteiger partial charge in [0.2, 0.25) is 5.91 Å². The zero-order chi connectivity index (χ0) is 28.3. The molecule has 0 bridgehead atoms. The van der Waals surface area contributed by atoms with Gasteiger partial charge in [0, 0.05) is 22.9 Å². The Bertz CT molecular complexity index is 1430. The number of carbonyl (C=O) groups excluding carboxylic acids is 2. The molecule has 1 saturated heterocycles. The van der Waals surface area contributed by atoms with Crippen LogP contribution in [0.25, 0.3) is 22.2 Å². The van der Waals surface area contributed by atoms with E-state index in [1.165, 1.54) is 19.2 Å². The Labute approximate surface area is 234 Å². The van der Waals surface area contributed by atoms with E-state index >= 15 is 0 Å². The van der Waals surface area contributed by atoms with E-state index in [1.54, 1.807) is 17.0 Å². The number of aromatic nitrogens is 1. The molecule has 1 fully saturated rings. The number of likely N-dealkylation sites (tertiary alicyclic amines) is 1. The number of aryl methyl sites for hydroxylation is 1. The highest BCUT2D eigenvalue weighted by Gasteiger charge is 2.53. The lowest BCUT2D eigenvalue weighted by Crippen LogP contribution is -2.50. The van der Waals surface area contributed by atoms with E-state index in [2.05, 4.69) is 6.58 Å². The number of hydrogen-bond donors (Lipinski definition) is 1. The molecule has 0 aliphatic carbocycles. The first-order chi connectivity index (χ1) is 19.4. The highest BCUT2D eigenvalue weighted by molar-refractivity contribution is 5.90. The number of allylic oxidation sites excluding steroid dienone is 1. The first kappa shape index (κ1) is 27.8. The van der Waals surface area contributed by atoms with E-state index in [4.69, 9.17) is 20.2 Å². The van der Waals surface area contributed by atoms with Gasteiger partial charge in [0.25, 0.3) is 0 Å². The molecule has 2 aromatic carbocycles. The number of para-hydroxylation sites is 1. The molecule has 40 heavy (non-hydrogen) atoms. The van der Waals surface area contributed by atoms with Crippen LogP contribution in [-0.4, -0.2) is 53.1 Å². The number of nitrogens with two attached hydrogens (primary N) is 1. The molecule has 0 unspecified atom stereocenters. The number of fused-ring (bicyclic) bond motifs is 3. The van der Waals surface area contributed by atoms with Crippen molar-refractivity contribution in [3.8, 4) is 17.0 Å². The van der Waals surface area contributed by atoms with Gasteiger partial charge in [-0.1, -0.05) is 49.2 Å². The van der Waals surface area contributed by atoms with E-state index in [0.29, 0.717) is 36.3 Å². The number of halogens is 1. The number of hydrogen-bond acceptors (Lipinski definition) is 6. The largest absolute Gasteiger partial charge is 0.483 e. The number of benzene rings is 2. The molecule has 1 amide bonds. The first-order valence-corrected chi connectivity index (χ1v) is 14.0. The minimum Gasteiger partial charge on any atom is -0.483 e. The molecular weight excluding hydrogens is 509 g/mol. The van der Waals surface area contributed by atoms with Gasteiger partial charge in [0.05, 0.1) is 25.2 Å². The number of rotatable bonds is 9. The number of ether oxygens (including phenoxy) is 2. The zero-order valence-corrected chi connectivity index (χ0v) is 22.9. The van der Waals surface area contributed by atoms with E-state index in [-0.39, 0.29) is 24.7 Å². The van der Waals surface area contributed by atoms with Crippen molar-refractivity contribution < 1.29 is 23.5 Å². The van der Waals surface area contributed by atoms with Crippen LogP contribution in [0.3, 0.4) is 0 Å². The van der Waals surface area contributed by atoms with Crippen molar-refractivity contribution in [3.05, 3.63) is 72.6 Å². The van der Waals surface area contributed by atoms with E-state index in [1.807, 2.05) is 30.3 Å². The van der Waals surface area contributed by atoms with Crippen molar-refractivity contribution in [1.82, 2.24) is 9.88 Å². The monoisotopic (exact) mass is 545 g/mol. The van der Waals surface area contributed by atoms with Crippen molar-refractivity contribution >= 4 is 22.8 Å². The molecule has 0 saturated carbocycles. The fourth-order valence-corrected chi connectivity index (χ4v) is 6.02. The third kappa shape index (κ3) is 5.45. The molecule has 0 radical (unpaired) electrons. The van der Waals surface area contributed by atoms with Gasteiger partial charge < -0.3 is 20.1 Å². The Morgan fingerprint density at radius 3 is 2.85 bits per heavy atom. The molecule has 210 valence electrons. The Balaban J connectivity index is 1.46. The summed E-state index contributed by atoms with van der Waals surface area (Å²) in [5.74, 6) is -0.555. The molecular formula is C32H36FN3O4. The lowest BCUT2D eigenvalue weighted by Gasteiger charge is -2.37. The number of methoxy groups -OCH3 is 1. The average molecular weight is 546 g/mol. The summed E-state index contributed by atoms with van der Waals surface area (Å²) in [7, 11) is 1.32. The van der Waals surface area contributed by atoms with Crippen LogP contribution in [0, 0.1) is 5.82 Å². The van der Waals surface area contributed by atoms with Crippen LogP contribution in [0.1, 0.15) is 50.5 Å². The lowest BCUT2D eigenvalue weighted by molar-refractivity contribution is -0.151. The second-order valence-electron chi connectivity index (χ2n) is 10.8. The molecule has 7 nitrogen and oxygen atoms in total. The quantitative estimate of drug-likeness (QED) is 0.222. The van der Waals surface area contributed by atoms with Crippen LogP contribution in [0.4, 0.5) is 4.39 Å². The van der Waals surface area contributed by atoms with Gasteiger partial charge in [-0.05, 0) is 50.3 Å². The summed E-state index contributed by atoms with van der Waals surface area (Å²) < 4.78 is 26.1. The summed E-state index contributed by atoms with van der Waals surface area (Å²) >= 11 is 0. The Morgan fingerprint density at radius 1 is 1.25 bits per heavy atom. The van der Waals surface area contributed by atoms with Crippen LogP contribution in [0.15, 0.2) is 61.2 Å². The van der Waals surface area contributed by atoms with Gasteiger partial charge in [0.15, 0.2) is 0 Å². The minimum atomic E-state index is -0.822. The van der Waals surface area contributed by atoms with E-state index < -0.39 is 23.7 Å². The molecule has 5 rings (SSSR count). The van der Waals surface area contributed by atoms with Crippen LogP contribution < -0.4 is 10.5 Å². The van der Waals surface area contributed by atoms with Crippen LogP contribution in [0.5, 0.6) is 5.75 Å². The van der Waals surface area contributed by atoms with Crippen LogP contribution >= 0.6 is 0 Å². The summed E-state index contributed by atoms with van der Waals surface area (Å²) in [5, 5.41) is 0.974. The summed E-state index contributed by atoms with van der Waals surface area (Å²) in [6, 6.07) is 12.6. The van der Waals surface area contributed by atoms with Gasteiger partial charge in [-0.2, -0.15) is 0 Å². The SMILES string of the molecule is C=CCCCCC[C@H](N)C(=O)N1C[C@@]2(CCc3c(c(-c4cccc(F)c4)nc4ccccc34)O2)C[C@H]1C(=O)OC. The maximum Gasteiger partial charge on any atom is 0.328 e. The van der Waals surface area contributed by atoms with Crippen molar-refractivity contribution in [1.29, 1.82) is 0 Å². The number of amides is 1. The molecule has 2 aliphatic rings. The number of carbonyl (C=O) groups is 2. The van der Waals surface area contributed by atoms with Crippen molar-refractivity contribution in [3.63, 3.8) is 0 Å². The normalized spacial score (nSPS) is 20.7. The predicted octanol–water partition coefficient (Wildman–Crippen LogP) is 5.34. The number of pyridine rings is 1. The molecule has 2 aliphatic heterocycles. The van der Waals surface area contributed by atoms with Crippen LogP contribution in [-0.2, 0) is 20.7 Å². The maximum absolute atomic E-state index is 14.3. The summed E-state index contributed by atoms with van der Waals surface area (Å²) in [6.45, 7) is 3.95. The second kappa shape index (κ2) is 11.8. The number of esters is 1. The van der Waals surface area contributed by atoms with Gasteiger partial charge in [0.1, 0.15) is 28.9 Å². The molecule has 1 spiro atoms. The third-order valence-electron chi connectivity index (χ3n) is 8.09. The minimum absolute atomic E-state index is 0.213. The molecule has 2 N–H and O–H groups in total. The number of unbranched alkanes of at least 4 members (excludes halogenated alkanes) is 3. The van der Waals surface area contributed by atoms with Crippen molar-refractivity contribution in [2.45, 2.75) is 69.1 Å². The standard InChI is InChI=1S/C32H36FN3O4/c1-3-4-5-6-7-14-25(34)30(37)36-20-32(19-27(36)31(38)39-2)17-16-24-23-13-8-9-15-26(23)35-28(29(24)40-32)21-11-10-12-22(33)18-21/h3,8-13,15,18,25,27H,1,4-7,14,16-17,19-20,34H2,2H3/t25-,27-,32+/m0/s1. The highest BCUT2D eigenvalue weighted by Crippen LogP contribution is 2.47. The smallest absolute Gasteiger partial charge is 0.328 e. The first-order valence-electron chi connectivity index (χ1n) is 14.0. The summed E-state index contributed by atoms with van der Waals surface area (Å²) in [4.78, 5) is 32.8. The fraction of sp³-hybridized carbons (Fsp3) is 0.406. The fourth-order valence-electron chi connectivity index (χ4n) is 6.02. The topological polar surface area (TPSA) is 94.8 Å². The van der Waals surface area contributed by atoms with Crippen molar-refractivity contribution in [2.24, 2.45) is 5.73 Å². The van der Waals surface area contributed by atoms with Crippen molar-refractivity contribution in [2.75, 3.05) is 13.7 Å². The average Bonchev–Trinajstić information content (AvgIpc) is 3.34. The lowest BCUT2D eigenvalue weighted by atomic mass is 9.86. The molecule has 3 heterocycles. The summed E-state index contributed by atoms with van der Waals surface area (Å²) in [6.07, 6.45) is 7.69. The summed E-state index contributed by atoms with van der Waals surface area (Å²) in [5.41, 5.74) is 8.46. The molecule has 3 aromatic rings. The van der Waals surface area contributed by atoms with Gasteiger partial charge >= 0.3 is 5.97 Å². The second-order valence-corrected chi connectivity index (χ2v) is 10.8. The van der Waals surface area contributed by atoms with E-state index in [9.17, 15) is 14.0 Å².